The van der Waals surface area contributed by atoms with Crippen molar-refractivity contribution in [2.75, 3.05) is 6.61 Å². The van der Waals surface area contributed by atoms with Gasteiger partial charge in [0.25, 0.3) is 0 Å². The minimum atomic E-state index is -1.21. The molecule has 33 heavy (non-hydrogen) atoms. The van der Waals surface area contributed by atoms with Crippen molar-refractivity contribution in [3.05, 3.63) is 71.8 Å². The van der Waals surface area contributed by atoms with E-state index in [1.54, 1.807) is 36.4 Å². The Kier molecular flexibility index (Phi) is 7.72. The van der Waals surface area contributed by atoms with Gasteiger partial charge < -0.3 is 19.7 Å². The van der Waals surface area contributed by atoms with Crippen molar-refractivity contribution < 1.29 is 29.3 Å². The Labute approximate surface area is 193 Å². The minimum absolute atomic E-state index is 0.0102. The third kappa shape index (κ3) is 5.17. The molecule has 0 heterocycles. The maximum absolute atomic E-state index is 12.4. The van der Waals surface area contributed by atoms with Crippen LogP contribution in [0.3, 0.4) is 0 Å². The van der Waals surface area contributed by atoms with Gasteiger partial charge in [-0.1, -0.05) is 56.2 Å². The second-order valence-electron chi connectivity index (χ2n) is 7.76. The molecule has 0 aromatic heterocycles. The summed E-state index contributed by atoms with van der Waals surface area (Å²) in [6, 6.07) is 12.1. The largest absolute Gasteiger partial charge is 0.507 e. The van der Waals surface area contributed by atoms with Crippen molar-refractivity contribution in [3.8, 4) is 23.0 Å². The average Bonchev–Trinajstić information content (AvgIpc) is 2.78. The summed E-state index contributed by atoms with van der Waals surface area (Å²) in [6.45, 7) is 7.44. The van der Waals surface area contributed by atoms with Crippen LogP contribution in [0.1, 0.15) is 59.4 Å². The molecule has 0 aliphatic heterocycles. The number of allylic oxidation sites excluding steroid dienone is 1. The molecule has 0 bridgehead atoms. The van der Waals surface area contributed by atoms with Crippen LogP contribution in [0.2, 0.25) is 0 Å². The van der Waals surface area contributed by atoms with Gasteiger partial charge in [0.2, 0.25) is 0 Å². The molecule has 0 radical (unpaired) electrons. The summed E-state index contributed by atoms with van der Waals surface area (Å²) in [4.78, 5) is 24.7. The molecule has 0 aliphatic carbocycles. The standard InChI is InChI=1S/C27H28O6/c1-4-6-9-15-32-22-16-19-11-7-8-12-20(19)26(24(22)27(30)31)33-21-14-13-18(10-5-2)25(29)23(21)17(3)28/h5,7-8,11-14,16,29H,2,4,6,9-10,15H2,1,3H3,(H,30,31). The van der Waals surface area contributed by atoms with E-state index in [2.05, 4.69) is 13.5 Å². The molecule has 0 amide bonds. The summed E-state index contributed by atoms with van der Waals surface area (Å²) >= 11 is 0. The first-order valence-electron chi connectivity index (χ1n) is 10.9. The fraction of sp³-hybridized carbons (Fsp3) is 0.259. The van der Waals surface area contributed by atoms with E-state index in [9.17, 15) is 19.8 Å². The van der Waals surface area contributed by atoms with Crippen molar-refractivity contribution in [2.45, 2.75) is 39.5 Å². The maximum Gasteiger partial charge on any atom is 0.343 e. The van der Waals surface area contributed by atoms with Crippen molar-refractivity contribution >= 4 is 22.5 Å². The molecule has 3 aromatic rings. The molecule has 2 N–H and O–H groups in total. The highest BCUT2D eigenvalue weighted by Gasteiger charge is 2.25. The third-order valence-electron chi connectivity index (χ3n) is 5.34. The number of carbonyl (C=O) groups excluding carboxylic acids is 1. The number of ketones is 1. The average molecular weight is 449 g/mol. The number of fused-ring (bicyclic) bond motifs is 1. The lowest BCUT2D eigenvalue weighted by Crippen LogP contribution is -2.08. The van der Waals surface area contributed by atoms with E-state index in [4.69, 9.17) is 9.47 Å². The minimum Gasteiger partial charge on any atom is -0.507 e. The Hall–Kier alpha value is -3.80. The topological polar surface area (TPSA) is 93.1 Å². The van der Waals surface area contributed by atoms with Crippen molar-refractivity contribution in [2.24, 2.45) is 0 Å². The number of carbonyl (C=O) groups is 2. The number of aromatic hydroxyl groups is 1. The Morgan fingerprint density at radius 2 is 1.82 bits per heavy atom. The number of rotatable bonds is 11. The van der Waals surface area contributed by atoms with Crippen LogP contribution in [-0.2, 0) is 6.42 Å². The Balaban J connectivity index is 2.19. The molecule has 6 heteroatoms. The number of phenolic OH excluding ortho intramolecular Hbond substituents is 1. The highest BCUT2D eigenvalue weighted by Crippen LogP contribution is 2.42. The quantitative estimate of drug-likeness (QED) is 0.197. The fourth-order valence-corrected chi connectivity index (χ4v) is 3.72. The number of hydrogen-bond donors (Lipinski definition) is 2. The number of carboxylic acids is 1. The summed E-state index contributed by atoms with van der Waals surface area (Å²) in [5, 5.41) is 22.0. The first-order valence-corrected chi connectivity index (χ1v) is 10.9. The van der Waals surface area contributed by atoms with Crippen LogP contribution in [0.4, 0.5) is 0 Å². The normalized spacial score (nSPS) is 10.7. The summed E-state index contributed by atoms with van der Waals surface area (Å²) in [5.41, 5.74) is 0.386. The number of aromatic carboxylic acids is 1. The molecule has 0 fully saturated rings. The Morgan fingerprint density at radius 3 is 2.48 bits per heavy atom. The number of ether oxygens (including phenoxy) is 2. The van der Waals surface area contributed by atoms with Gasteiger partial charge in [-0.05, 0) is 42.8 Å². The van der Waals surface area contributed by atoms with E-state index in [-0.39, 0.29) is 34.1 Å². The predicted molar refractivity (Wildman–Crippen MR) is 128 cm³/mol. The van der Waals surface area contributed by atoms with Crippen LogP contribution in [0.5, 0.6) is 23.0 Å². The lowest BCUT2D eigenvalue weighted by atomic mass is 10.0. The molecule has 172 valence electrons. The zero-order chi connectivity index (χ0) is 24.0. The zero-order valence-corrected chi connectivity index (χ0v) is 18.9. The maximum atomic E-state index is 12.4. The number of benzene rings is 3. The Morgan fingerprint density at radius 1 is 1.06 bits per heavy atom. The predicted octanol–water partition coefficient (Wildman–Crippen LogP) is 6.54. The van der Waals surface area contributed by atoms with Gasteiger partial charge >= 0.3 is 5.97 Å². The SMILES string of the molecule is C=CCc1ccc(Oc2c(C(=O)O)c(OCCCCC)cc3ccccc23)c(C(C)=O)c1O. The van der Waals surface area contributed by atoms with E-state index >= 15 is 0 Å². The van der Waals surface area contributed by atoms with Gasteiger partial charge in [-0.25, -0.2) is 4.79 Å². The first kappa shape index (κ1) is 23.9. The zero-order valence-electron chi connectivity index (χ0n) is 18.9. The van der Waals surface area contributed by atoms with Crippen molar-refractivity contribution in [1.82, 2.24) is 0 Å². The highest BCUT2D eigenvalue weighted by molar-refractivity contribution is 6.04. The number of Topliss-reactive ketones (excluding diaryl/α,β-unsaturated/α-hetero) is 1. The molecule has 0 spiro atoms. The molecule has 3 aromatic carbocycles. The number of phenols is 1. The van der Waals surface area contributed by atoms with E-state index in [1.807, 2.05) is 12.1 Å². The molecule has 0 saturated heterocycles. The summed E-state index contributed by atoms with van der Waals surface area (Å²) in [6.07, 6.45) is 4.77. The van der Waals surface area contributed by atoms with Crippen LogP contribution in [0, 0.1) is 0 Å². The second kappa shape index (κ2) is 10.7. The molecule has 0 unspecified atom stereocenters. The summed E-state index contributed by atoms with van der Waals surface area (Å²) < 4.78 is 11.9. The van der Waals surface area contributed by atoms with E-state index in [0.717, 1.165) is 24.6 Å². The molecular formula is C27H28O6. The van der Waals surface area contributed by atoms with Crippen LogP contribution in [-0.4, -0.2) is 28.6 Å². The molecule has 0 atom stereocenters. The van der Waals surface area contributed by atoms with Crippen LogP contribution >= 0.6 is 0 Å². The smallest absolute Gasteiger partial charge is 0.343 e. The number of carboxylic acid groups (broad SMARTS) is 1. The molecule has 0 aliphatic rings. The van der Waals surface area contributed by atoms with Crippen molar-refractivity contribution in [3.63, 3.8) is 0 Å². The molecule has 0 saturated carbocycles. The molecule has 6 nitrogen and oxygen atoms in total. The van der Waals surface area contributed by atoms with E-state index in [1.165, 1.54) is 6.92 Å². The lowest BCUT2D eigenvalue weighted by molar-refractivity contribution is 0.0689. The van der Waals surface area contributed by atoms with E-state index < -0.39 is 11.8 Å². The fourth-order valence-electron chi connectivity index (χ4n) is 3.72. The first-order chi connectivity index (χ1) is 15.9. The van der Waals surface area contributed by atoms with Gasteiger partial charge in [0, 0.05) is 5.39 Å². The van der Waals surface area contributed by atoms with Gasteiger partial charge in [0.1, 0.15) is 28.4 Å². The van der Waals surface area contributed by atoms with Gasteiger partial charge in [-0.2, -0.15) is 0 Å². The van der Waals surface area contributed by atoms with E-state index in [0.29, 0.717) is 24.0 Å². The van der Waals surface area contributed by atoms with Gasteiger partial charge in [0.15, 0.2) is 11.5 Å². The van der Waals surface area contributed by atoms with Crippen LogP contribution < -0.4 is 9.47 Å². The Bertz CT molecular complexity index is 1190. The van der Waals surface area contributed by atoms with Gasteiger partial charge in [-0.3, -0.25) is 4.79 Å². The number of unbranched alkanes of at least 4 members (excludes halogenated alkanes) is 2. The van der Waals surface area contributed by atoms with Crippen molar-refractivity contribution in [1.29, 1.82) is 0 Å². The summed E-state index contributed by atoms with van der Waals surface area (Å²) in [5.74, 6) is -1.48. The number of hydrogen-bond acceptors (Lipinski definition) is 5. The van der Waals surface area contributed by atoms with Crippen LogP contribution in [0.25, 0.3) is 10.8 Å². The third-order valence-corrected chi connectivity index (χ3v) is 5.34. The lowest BCUT2D eigenvalue weighted by Gasteiger charge is -2.19. The molecule has 3 rings (SSSR count). The van der Waals surface area contributed by atoms with Gasteiger partial charge in [-0.15, -0.1) is 6.58 Å². The van der Waals surface area contributed by atoms with Gasteiger partial charge in [0.05, 0.1) is 6.61 Å². The second-order valence-corrected chi connectivity index (χ2v) is 7.76. The monoisotopic (exact) mass is 448 g/mol. The molecular weight excluding hydrogens is 420 g/mol. The summed E-state index contributed by atoms with van der Waals surface area (Å²) in [7, 11) is 0. The highest BCUT2D eigenvalue weighted by atomic mass is 16.5. The van der Waals surface area contributed by atoms with Crippen LogP contribution in [0.15, 0.2) is 55.1 Å².